The van der Waals surface area contributed by atoms with Crippen molar-refractivity contribution < 1.29 is 15.0 Å². The summed E-state index contributed by atoms with van der Waals surface area (Å²) in [6.45, 7) is 1.75. The third-order valence-electron chi connectivity index (χ3n) is 5.73. The Balaban J connectivity index is 1.59. The van der Waals surface area contributed by atoms with Crippen molar-refractivity contribution in [1.29, 1.82) is 0 Å². The molecule has 0 aromatic carbocycles. The maximum atomic E-state index is 11.7. The van der Waals surface area contributed by atoms with E-state index >= 15 is 0 Å². The lowest BCUT2D eigenvalue weighted by molar-refractivity contribution is -0.122. The van der Waals surface area contributed by atoms with Crippen molar-refractivity contribution >= 4 is 22.9 Å². The van der Waals surface area contributed by atoms with Gasteiger partial charge in [0.2, 0.25) is 5.91 Å². The molecular formula is C18H26N6O3. The summed E-state index contributed by atoms with van der Waals surface area (Å²) in [5.74, 6) is 0.558. The molecule has 2 aromatic heterocycles. The van der Waals surface area contributed by atoms with Crippen LogP contribution in [0.5, 0.6) is 0 Å². The number of hydrogen-bond donors (Lipinski definition) is 4. The van der Waals surface area contributed by atoms with Crippen LogP contribution in [0.4, 0.5) is 5.82 Å². The van der Waals surface area contributed by atoms with Crippen molar-refractivity contribution in [2.45, 2.75) is 75.8 Å². The Morgan fingerprint density at radius 3 is 2.74 bits per heavy atom. The molecule has 2 heterocycles. The fourth-order valence-electron chi connectivity index (χ4n) is 4.20. The standard InChI is InChI=1S/C18H26N6O3/c1-2-13(25)23-11-7-12(16(27)15(11)26)24-9-21-14-17(19-8-20-18(14)24)22-10-5-3-4-6-10/h8-12,15-16,26-27H,2-7H2,1H3,(H,23,25)(H,19,20,22)/t11-,12+,15+,16-/m0/s1. The number of hydrogen-bond acceptors (Lipinski definition) is 7. The van der Waals surface area contributed by atoms with Gasteiger partial charge < -0.3 is 25.4 Å². The zero-order valence-corrected chi connectivity index (χ0v) is 15.4. The van der Waals surface area contributed by atoms with Gasteiger partial charge in [-0.25, -0.2) is 15.0 Å². The maximum Gasteiger partial charge on any atom is 0.220 e. The number of rotatable bonds is 5. The first-order valence-electron chi connectivity index (χ1n) is 9.68. The number of imidazole rings is 1. The predicted molar refractivity (Wildman–Crippen MR) is 99.1 cm³/mol. The zero-order chi connectivity index (χ0) is 19.0. The number of fused-ring (bicyclic) bond motifs is 1. The summed E-state index contributed by atoms with van der Waals surface area (Å²) in [4.78, 5) is 24.8. The first-order valence-corrected chi connectivity index (χ1v) is 9.68. The molecule has 0 saturated heterocycles. The first-order chi connectivity index (χ1) is 13.1. The van der Waals surface area contributed by atoms with Gasteiger partial charge in [-0.2, -0.15) is 0 Å². The number of nitrogens with zero attached hydrogens (tertiary/aromatic N) is 4. The quantitative estimate of drug-likeness (QED) is 0.608. The van der Waals surface area contributed by atoms with Crippen LogP contribution in [0.3, 0.4) is 0 Å². The van der Waals surface area contributed by atoms with Crippen molar-refractivity contribution in [2.75, 3.05) is 5.32 Å². The summed E-state index contributed by atoms with van der Waals surface area (Å²) in [6, 6.07) is -0.505. The molecule has 1 amide bonds. The molecule has 4 atom stereocenters. The Hall–Kier alpha value is -2.26. The van der Waals surface area contributed by atoms with Crippen LogP contribution in [-0.2, 0) is 4.79 Å². The minimum absolute atomic E-state index is 0.146. The summed E-state index contributed by atoms with van der Waals surface area (Å²) in [7, 11) is 0. The second-order valence-electron chi connectivity index (χ2n) is 7.48. The third-order valence-corrected chi connectivity index (χ3v) is 5.73. The second-order valence-corrected chi connectivity index (χ2v) is 7.48. The van der Waals surface area contributed by atoms with E-state index in [-0.39, 0.29) is 5.91 Å². The average molecular weight is 374 g/mol. The number of aromatic nitrogens is 4. The third kappa shape index (κ3) is 3.37. The fourth-order valence-corrected chi connectivity index (χ4v) is 4.20. The van der Waals surface area contributed by atoms with Gasteiger partial charge in [-0.15, -0.1) is 0 Å². The fraction of sp³-hybridized carbons (Fsp3) is 0.667. The van der Waals surface area contributed by atoms with E-state index in [1.54, 1.807) is 17.8 Å². The van der Waals surface area contributed by atoms with E-state index in [1.165, 1.54) is 19.2 Å². The van der Waals surface area contributed by atoms with Crippen LogP contribution in [0, 0.1) is 0 Å². The average Bonchev–Trinajstić information content (AvgIpc) is 3.38. The maximum absolute atomic E-state index is 11.7. The van der Waals surface area contributed by atoms with Crippen molar-refractivity contribution in [3.63, 3.8) is 0 Å². The molecule has 9 heteroatoms. The molecule has 0 aliphatic heterocycles. The van der Waals surface area contributed by atoms with E-state index in [0.29, 0.717) is 35.9 Å². The molecule has 27 heavy (non-hydrogen) atoms. The molecule has 0 unspecified atom stereocenters. The van der Waals surface area contributed by atoms with Gasteiger partial charge >= 0.3 is 0 Å². The van der Waals surface area contributed by atoms with Crippen LogP contribution in [0.2, 0.25) is 0 Å². The lowest BCUT2D eigenvalue weighted by atomic mass is 10.2. The number of amides is 1. The zero-order valence-electron chi connectivity index (χ0n) is 15.4. The number of aliphatic hydroxyl groups excluding tert-OH is 2. The highest BCUT2D eigenvalue weighted by Gasteiger charge is 2.43. The molecule has 2 aromatic rings. The van der Waals surface area contributed by atoms with Gasteiger partial charge in [0.1, 0.15) is 24.1 Å². The lowest BCUT2D eigenvalue weighted by Gasteiger charge is -2.18. The monoisotopic (exact) mass is 374 g/mol. The van der Waals surface area contributed by atoms with Crippen LogP contribution in [-0.4, -0.2) is 59.9 Å². The number of carbonyl (C=O) groups excluding carboxylic acids is 1. The SMILES string of the molecule is CCC(=O)N[C@H]1C[C@@H](n2cnc3c(NC4CCCC4)ncnc32)[C@H](O)[C@@H]1O. The van der Waals surface area contributed by atoms with Crippen LogP contribution in [0.1, 0.15) is 51.5 Å². The Morgan fingerprint density at radius 2 is 2.00 bits per heavy atom. The molecule has 4 rings (SSSR count). The normalized spacial score (nSPS) is 28.7. The molecule has 0 radical (unpaired) electrons. The minimum Gasteiger partial charge on any atom is -0.388 e. The van der Waals surface area contributed by atoms with E-state index in [2.05, 4.69) is 25.6 Å². The summed E-state index contributed by atoms with van der Waals surface area (Å²) in [6.07, 6.45) is 6.52. The summed E-state index contributed by atoms with van der Waals surface area (Å²) < 4.78 is 1.78. The number of carbonyl (C=O) groups is 1. The van der Waals surface area contributed by atoms with Crippen LogP contribution in [0.15, 0.2) is 12.7 Å². The van der Waals surface area contributed by atoms with E-state index in [1.807, 2.05) is 0 Å². The highest BCUT2D eigenvalue weighted by Crippen LogP contribution is 2.34. The van der Waals surface area contributed by atoms with E-state index in [0.717, 1.165) is 12.8 Å². The molecule has 0 bridgehead atoms. The van der Waals surface area contributed by atoms with Crippen molar-refractivity contribution in [2.24, 2.45) is 0 Å². The Kier molecular flexibility index (Phi) is 4.96. The molecule has 0 spiro atoms. The van der Waals surface area contributed by atoms with Gasteiger partial charge in [0.15, 0.2) is 11.5 Å². The van der Waals surface area contributed by atoms with E-state index in [4.69, 9.17) is 0 Å². The lowest BCUT2D eigenvalue weighted by Crippen LogP contribution is -2.42. The van der Waals surface area contributed by atoms with Crippen molar-refractivity contribution in [3.8, 4) is 0 Å². The summed E-state index contributed by atoms with van der Waals surface area (Å²) >= 11 is 0. The topological polar surface area (TPSA) is 125 Å². The molecule has 2 aliphatic carbocycles. The van der Waals surface area contributed by atoms with Gasteiger partial charge in [-0.1, -0.05) is 19.8 Å². The molecule has 4 N–H and O–H groups in total. The first kappa shape index (κ1) is 18.1. The van der Waals surface area contributed by atoms with Crippen LogP contribution < -0.4 is 10.6 Å². The molecular weight excluding hydrogens is 348 g/mol. The van der Waals surface area contributed by atoms with E-state index < -0.39 is 24.3 Å². The Labute approximate surface area is 157 Å². The highest BCUT2D eigenvalue weighted by atomic mass is 16.3. The highest BCUT2D eigenvalue weighted by molar-refractivity contribution is 5.83. The number of aliphatic hydroxyl groups is 2. The molecule has 9 nitrogen and oxygen atoms in total. The van der Waals surface area contributed by atoms with Gasteiger partial charge in [-0.05, 0) is 19.3 Å². The van der Waals surface area contributed by atoms with Gasteiger partial charge in [0.25, 0.3) is 0 Å². The molecule has 146 valence electrons. The molecule has 2 aliphatic rings. The van der Waals surface area contributed by atoms with E-state index in [9.17, 15) is 15.0 Å². The van der Waals surface area contributed by atoms with Gasteiger partial charge in [0.05, 0.1) is 18.4 Å². The second kappa shape index (κ2) is 7.40. The Morgan fingerprint density at radius 1 is 1.22 bits per heavy atom. The molecule has 2 fully saturated rings. The van der Waals surface area contributed by atoms with Crippen molar-refractivity contribution in [3.05, 3.63) is 12.7 Å². The van der Waals surface area contributed by atoms with Crippen molar-refractivity contribution in [1.82, 2.24) is 24.8 Å². The smallest absolute Gasteiger partial charge is 0.220 e. The summed E-state index contributed by atoms with van der Waals surface area (Å²) in [5.41, 5.74) is 1.27. The van der Waals surface area contributed by atoms with Gasteiger partial charge in [-0.3, -0.25) is 4.79 Å². The Bertz CT molecular complexity index is 819. The van der Waals surface area contributed by atoms with Crippen LogP contribution >= 0.6 is 0 Å². The van der Waals surface area contributed by atoms with Gasteiger partial charge in [0, 0.05) is 12.5 Å². The minimum atomic E-state index is -1.03. The van der Waals surface area contributed by atoms with Crippen LogP contribution in [0.25, 0.3) is 11.2 Å². The summed E-state index contributed by atoms with van der Waals surface area (Å²) in [5, 5.41) is 27.1. The number of nitrogens with one attached hydrogen (secondary N) is 2. The largest absolute Gasteiger partial charge is 0.388 e. The predicted octanol–water partition coefficient (Wildman–Crippen LogP) is 0.742. The number of anilines is 1. The molecule has 2 saturated carbocycles.